The fourth-order valence-electron chi connectivity index (χ4n) is 2.95. The SMILES string of the molecule is O=c1c([N+](=O)[O-])c(Cl)nc2sc(CCCC3CCCC3)nn12. The van der Waals surface area contributed by atoms with Crippen LogP contribution in [0.1, 0.15) is 43.5 Å². The number of hydrogen-bond acceptors (Lipinski definition) is 6. The number of aromatic nitrogens is 3. The van der Waals surface area contributed by atoms with Crippen LogP contribution in [-0.2, 0) is 6.42 Å². The van der Waals surface area contributed by atoms with Crippen LogP contribution >= 0.6 is 22.9 Å². The van der Waals surface area contributed by atoms with E-state index in [0.29, 0.717) is 4.96 Å². The van der Waals surface area contributed by atoms with Crippen molar-refractivity contribution in [2.75, 3.05) is 0 Å². The molecule has 7 nitrogen and oxygen atoms in total. The summed E-state index contributed by atoms with van der Waals surface area (Å²) in [5.41, 5.74) is -1.54. The number of halogens is 1. The first kappa shape index (κ1) is 15.4. The summed E-state index contributed by atoms with van der Waals surface area (Å²) in [7, 11) is 0. The van der Waals surface area contributed by atoms with Gasteiger partial charge in [-0.3, -0.25) is 14.9 Å². The molecule has 0 saturated heterocycles. The lowest BCUT2D eigenvalue weighted by Gasteiger charge is -2.06. The van der Waals surface area contributed by atoms with Crippen molar-refractivity contribution in [3.05, 3.63) is 30.6 Å². The Kier molecular flexibility index (Phi) is 4.39. The van der Waals surface area contributed by atoms with Crippen molar-refractivity contribution in [1.29, 1.82) is 0 Å². The van der Waals surface area contributed by atoms with Crippen molar-refractivity contribution in [1.82, 2.24) is 14.6 Å². The van der Waals surface area contributed by atoms with E-state index in [0.717, 1.165) is 28.3 Å². The Labute approximate surface area is 135 Å². The molecule has 0 atom stereocenters. The molecule has 0 aliphatic heterocycles. The first-order valence-corrected chi connectivity index (χ1v) is 8.48. The fraction of sp³-hybridized carbons (Fsp3) is 0.615. The number of aryl methyl sites for hydroxylation is 1. The number of nitro groups is 1. The summed E-state index contributed by atoms with van der Waals surface area (Å²) >= 11 is 6.98. The summed E-state index contributed by atoms with van der Waals surface area (Å²) in [5.74, 6) is 0.811. The van der Waals surface area contributed by atoms with E-state index in [1.165, 1.54) is 43.4 Å². The topological polar surface area (TPSA) is 90.4 Å². The van der Waals surface area contributed by atoms with Gasteiger partial charge in [-0.1, -0.05) is 55.0 Å². The van der Waals surface area contributed by atoms with Crippen LogP contribution in [0.5, 0.6) is 0 Å². The highest BCUT2D eigenvalue weighted by atomic mass is 35.5. The Morgan fingerprint density at radius 3 is 2.82 bits per heavy atom. The van der Waals surface area contributed by atoms with Gasteiger partial charge in [-0.2, -0.15) is 14.6 Å². The molecule has 0 unspecified atom stereocenters. The molecule has 1 aliphatic rings. The molecule has 2 heterocycles. The van der Waals surface area contributed by atoms with Crippen LogP contribution in [-0.4, -0.2) is 19.5 Å². The zero-order valence-electron chi connectivity index (χ0n) is 11.8. The normalized spacial score (nSPS) is 15.7. The lowest BCUT2D eigenvalue weighted by Crippen LogP contribution is -2.19. The average Bonchev–Trinajstić information content (AvgIpc) is 3.07. The quantitative estimate of drug-likeness (QED) is 0.472. The minimum Gasteiger partial charge on any atom is -0.259 e. The first-order valence-electron chi connectivity index (χ1n) is 7.29. The van der Waals surface area contributed by atoms with Crippen LogP contribution in [0.3, 0.4) is 0 Å². The van der Waals surface area contributed by atoms with Crippen LogP contribution in [0.25, 0.3) is 4.96 Å². The number of rotatable bonds is 5. The monoisotopic (exact) mass is 342 g/mol. The molecule has 0 N–H and O–H groups in total. The van der Waals surface area contributed by atoms with Gasteiger partial charge in [0.25, 0.3) is 0 Å². The highest BCUT2D eigenvalue weighted by Crippen LogP contribution is 2.29. The Morgan fingerprint density at radius 2 is 2.14 bits per heavy atom. The predicted molar refractivity (Wildman–Crippen MR) is 83.7 cm³/mol. The third-order valence-electron chi connectivity index (χ3n) is 4.05. The predicted octanol–water partition coefficient (Wildman–Crippen LogP) is 3.23. The molecule has 0 spiro atoms. The molecule has 3 rings (SSSR count). The smallest absolute Gasteiger partial charge is 0.259 e. The van der Waals surface area contributed by atoms with Crippen molar-refractivity contribution in [2.24, 2.45) is 5.92 Å². The molecule has 0 radical (unpaired) electrons. The Hall–Kier alpha value is -1.54. The molecule has 1 saturated carbocycles. The zero-order chi connectivity index (χ0) is 15.7. The van der Waals surface area contributed by atoms with Crippen molar-refractivity contribution >= 4 is 33.6 Å². The van der Waals surface area contributed by atoms with Gasteiger partial charge in [0.05, 0.1) is 4.92 Å². The standard InChI is InChI=1S/C13H15ClN4O3S/c14-11-10(18(20)21)12(19)17-13(15-11)22-9(16-17)7-3-6-8-4-1-2-5-8/h8H,1-7H2. The van der Waals surface area contributed by atoms with E-state index in [-0.39, 0.29) is 5.15 Å². The lowest BCUT2D eigenvalue weighted by molar-refractivity contribution is -0.386. The van der Waals surface area contributed by atoms with E-state index in [2.05, 4.69) is 10.1 Å². The van der Waals surface area contributed by atoms with Gasteiger partial charge < -0.3 is 0 Å². The van der Waals surface area contributed by atoms with E-state index in [1.54, 1.807) is 0 Å². The van der Waals surface area contributed by atoms with Gasteiger partial charge in [-0.05, 0) is 12.3 Å². The summed E-state index contributed by atoms with van der Waals surface area (Å²) in [5, 5.41) is 15.4. The molecule has 1 aliphatic carbocycles. The van der Waals surface area contributed by atoms with Gasteiger partial charge in [-0.15, -0.1) is 0 Å². The van der Waals surface area contributed by atoms with Gasteiger partial charge in [-0.25, -0.2) is 0 Å². The van der Waals surface area contributed by atoms with Gasteiger partial charge in [0.15, 0.2) is 0 Å². The van der Waals surface area contributed by atoms with Gasteiger partial charge in [0.2, 0.25) is 10.1 Å². The molecule has 0 aromatic carbocycles. The fourth-order valence-corrected chi connectivity index (χ4v) is 4.15. The summed E-state index contributed by atoms with van der Waals surface area (Å²) < 4.78 is 0.986. The van der Waals surface area contributed by atoms with E-state index in [9.17, 15) is 14.9 Å². The maximum absolute atomic E-state index is 12.0. The Morgan fingerprint density at radius 1 is 1.41 bits per heavy atom. The van der Waals surface area contributed by atoms with Crippen molar-refractivity contribution < 1.29 is 4.92 Å². The lowest BCUT2D eigenvalue weighted by atomic mass is 10.0. The first-order chi connectivity index (χ1) is 10.6. The van der Waals surface area contributed by atoms with Crippen molar-refractivity contribution in [3.63, 3.8) is 0 Å². The zero-order valence-corrected chi connectivity index (χ0v) is 13.4. The molecule has 0 bridgehead atoms. The molecule has 2 aromatic rings. The molecular formula is C13H15ClN4O3S. The van der Waals surface area contributed by atoms with Crippen molar-refractivity contribution in [2.45, 2.75) is 44.9 Å². The van der Waals surface area contributed by atoms with Gasteiger partial charge >= 0.3 is 11.2 Å². The summed E-state index contributed by atoms with van der Waals surface area (Å²) in [6.45, 7) is 0. The minimum absolute atomic E-state index is 0.302. The van der Waals surface area contributed by atoms with E-state index in [1.807, 2.05) is 0 Å². The highest BCUT2D eigenvalue weighted by molar-refractivity contribution is 7.16. The summed E-state index contributed by atoms with van der Waals surface area (Å²) in [6, 6.07) is 0. The third-order valence-corrected chi connectivity index (χ3v) is 5.28. The largest absolute Gasteiger partial charge is 0.372 e. The maximum Gasteiger partial charge on any atom is 0.372 e. The molecule has 118 valence electrons. The summed E-state index contributed by atoms with van der Waals surface area (Å²) in [6.07, 6.45) is 8.20. The van der Waals surface area contributed by atoms with E-state index < -0.39 is 16.2 Å². The second-order valence-corrected chi connectivity index (χ2v) is 6.94. The Balaban J connectivity index is 1.79. The number of hydrogen-bond donors (Lipinski definition) is 0. The molecular weight excluding hydrogens is 328 g/mol. The minimum atomic E-state index is -0.821. The second kappa shape index (κ2) is 6.29. The van der Waals surface area contributed by atoms with Crippen LogP contribution in [0.15, 0.2) is 4.79 Å². The number of fused-ring (bicyclic) bond motifs is 1. The molecule has 0 amide bonds. The van der Waals surface area contributed by atoms with Gasteiger partial charge in [0.1, 0.15) is 5.01 Å². The van der Waals surface area contributed by atoms with Crippen molar-refractivity contribution in [3.8, 4) is 0 Å². The van der Waals surface area contributed by atoms with E-state index in [4.69, 9.17) is 11.6 Å². The van der Waals surface area contributed by atoms with Crippen LogP contribution < -0.4 is 5.56 Å². The third kappa shape index (κ3) is 2.98. The molecule has 22 heavy (non-hydrogen) atoms. The van der Waals surface area contributed by atoms with E-state index >= 15 is 0 Å². The number of nitrogens with zero attached hydrogens (tertiary/aromatic N) is 4. The second-order valence-electron chi connectivity index (χ2n) is 5.55. The van der Waals surface area contributed by atoms with Crippen LogP contribution in [0, 0.1) is 16.0 Å². The van der Waals surface area contributed by atoms with Gasteiger partial charge in [0, 0.05) is 6.42 Å². The highest BCUT2D eigenvalue weighted by Gasteiger charge is 2.24. The molecule has 9 heteroatoms. The maximum atomic E-state index is 12.0. The molecule has 2 aromatic heterocycles. The van der Waals surface area contributed by atoms with Crippen LogP contribution in [0.4, 0.5) is 5.69 Å². The van der Waals surface area contributed by atoms with Crippen LogP contribution in [0.2, 0.25) is 5.15 Å². The summed E-state index contributed by atoms with van der Waals surface area (Å²) in [4.78, 5) is 26.3. The molecule has 1 fully saturated rings. The average molecular weight is 343 g/mol. The Bertz CT molecular complexity index is 766.